The Morgan fingerprint density at radius 1 is 0.968 bits per heavy atom. The van der Waals surface area contributed by atoms with E-state index in [1.807, 2.05) is 6.07 Å². The highest BCUT2D eigenvalue weighted by molar-refractivity contribution is 7.87. The number of benzene rings is 3. The summed E-state index contributed by atoms with van der Waals surface area (Å²) in [6.45, 7) is 3.49. The van der Waals surface area contributed by atoms with Crippen LogP contribution >= 0.6 is 0 Å². The molecule has 2 amide bonds. The van der Waals surface area contributed by atoms with E-state index < -0.39 is 21.9 Å². The number of nitrogens with one attached hydrogen (secondary N) is 1. The van der Waals surface area contributed by atoms with Crippen molar-refractivity contribution < 1.29 is 22.2 Å². The summed E-state index contributed by atoms with van der Waals surface area (Å²) >= 11 is 0. The summed E-state index contributed by atoms with van der Waals surface area (Å²) in [5.41, 5.74) is 8.00. The van der Waals surface area contributed by atoms with Crippen molar-refractivity contribution in [3.8, 4) is 5.75 Å². The Balaban J connectivity index is 1.75. The van der Waals surface area contributed by atoms with Gasteiger partial charge in [-0.1, -0.05) is 30.3 Å². The number of carbonyl (C=O) groups excluding carboxylic acids is 2. The fourth-order valence-corrected chi connectivity index (χ4v) is 4.24. The lowest BCUT2D eigenvalue weighted by Gasteiger charge is -2.12. The number of hydrogen-bond acceptors (Lipinski definition) is 5. The molecule has 0 heterocycles. The monoisotopic (exact) mass is 438 g/mol. The lowest BCUT2D eigenvalue weighted by molar-refractivity contribution is -0.117. The minimum absolute atomic E-state index is 0.000528. The minimum atomic E-state index is -4.01. The van der Waals surface area contributed by atoms with Gasteiger partial charge in [-0.25, -0.2) is 0 Å². The number of nitrogens with two attached hydrogens (primary N) is 1. The molecule has 0 bridgehead atoms. The van der Waals surface area contributed by atoms with E-state index in [2.05, 4.69) is 5.32 Å². The summed E-state index contributed by atoms with van der Waals surface area (Å²) in [5.74, 6) is -0.833. The van der Waals surface area contributed by atoms with Crippen molar-refractivity contribution in [1.82, 2.24) is 0 Å². The highest BCUT2D eigenvalue weighted by atomic mass is 32.2. The van der Waals surface area contributed by atoms with Crippen LogP contribution in [-0.2, 0) is 21.3 Å². The summed E-state index contributed by atoms with van der Waals surface area (Å²) in [4.78, 5) is 23.9. The highest BCUT2D eigenvalue weighted by Crippen LogP contribution is 2.23. The van der Waals surface area contributed by atoms with Crippen molar-refractivity contribution in [2.24, 2.45) is 5.73 Å². The highest BCUT2D eigenvalue weighted by Gasteiger charge is 2.20. The average molecular weight is 439 g/mol. The van der Waals surface area contributed by atoms with Crippen LogP contribution in [0.1, 0.15) is 27.0 Å². The van der Waals surface area contributed by atoms with Gasteiger partial charge < -0.3 is 15.2 Å². The van der Waals surface area contributed by atoms with Gasteiger partial charge in [0, 0.05) is 11.3 Å². The van der Waals surface area contributed by atoms with Gasteiger partial charge >= 0.3 is 10.1 Å². The smallest absolute Gasteiger partial charge is 0.339 e. The Bertz CT molecular complexity index is 1240. The molecule has 0 saturated carbocycles. The maximum absolute atomic E-state index is 12.6. The third kappa shape index (κ3) is 5.49. The van der Waals surface area contributed by atoms with Crippen molar-refractivity contribution in [1.29, 1.82) is 0 Å². The predicted molar refractivity (Wildman–Crippen MR) is 117 cm³/mol. The van der Waals surface area contributed by atoms with E-state index in [1.54, 1.807) is 50.2 Å². The number of anilines is 1. The standard InChI is InChI=1S/C23H22N2O5S/c1-15-7-8-16(2)21(13-15)31(28,29)30-19-11-9-17(10-12-19)23(27)25-20-6-4-3-5-18(20)14-22(24)26/h3-13H,14H2,1-2H3,(H2,24,26)(H,25,27). The number of rotatable bonds is 7. The van der Waals surface area contributed by atoms with E-state index in [9.17, 15) is 18.0 Å². The fraction of sp³-hybridized carbons (Fsp3) is 0.130. The summed E-state index contributed by atoms with van der Waals surface area (Å²) in [6, 6.07) is 17.7. The van der Waals surface area contributed by atoms with Gasteiger partial charge in [0.05, 0.1) is 6.42 Å². The van der Waals surface area contributed by atoms with Crippen molar-refractivity contribution in [2.45, 2.75) is 25.2 Å². The Hall–Kier alpha value is -3.65. The van der Waals surface area contributed by atoms with Crippen LogP contribution in [0.4, 0.5) is 5.69 Å². The molecule has 0 radical (unpaired) electrons. The van der Waals surface area contributed by atoms with E-state index in [0.29, 0.717) is 22.4 Å². The number of primary amides is 1. The van der Waals surface area contributed by atoms with Crippen molar-refractivity contribution >= 4 is 27.6 Å². The van der Waals surface area contributed by atoms with Crippen molar-refractivity contribution in [3.63, 3.8) is 0 Å². The molecule has 0 fully saturated rings. The molecular formula is C23H22N2O5S. The van der Waals surface area contributed by atoms with E-state index in [4.69, 9.17) is 9.92 Å². The first kappa shape index (κ1) is 22.0. The number of aryl methyl sites for hydroxylation is 2. The van der Waals surface area contributed by atoms with E-state index in [-0.39, 0.29) is 17.1 Å². The van der Waals surface area contributed by atoms with Gasteiger partial charge in [0.1, 0.15) is 10.6 Å². The van der Waals surface area contributed by atoms with Crippen LogP contribution in [0.3, 0.4) is 0 Å². The third-order valence-corrected chi connectivity index (χ3v) is 5.96. The number of hydrogen-bond donors (Lipinski definition) is 2. The molecule has 0 aliphatic carbocycles. The zero-order valence-electron chi connectivity index (χ0n) is 17.1. The molecule has 0 aromatic heterocycles. The van der Waals surface area contributed by atoms with Crippen LogP contribution in [0, 0.1) is 13.8 Å². The van der Waals surface area contributed by atoms with Crippen molar-refractivity contribution in [3.05, 3.63) is 89.0 Å². The Kier molecular flexibility index (Phi) is 6.41. The Morgan fingerprint density at radius 2 is 1.65 bits per heavy atom. The molecule has 3 N–H and O–H groups in total. The van der Waals surface area contributed by atoms with Gasteiger partial charge in [0.15, 0.2) is 0 Å². The Labute approximate surface area is 181 Å². The fourth-order valence-electron chi connectivity index (χ4n) is 2.99. The molecule has 160 valence electrons. The van der Waals surface area contributed by atoms with Gasteiger partial charge in [-0.15, -0.1) is 0 Å². The van der Waals surface area contributed by atoms with Crippen LogP contribution in [0.2, 0.25) is 0 Å². The Morgan fingerprint density at radius 3 is 2.32 bits per heavy atom. The number of para-hydroxylation sites is 1. The molecule has 0 aliphatic heterocycles. The van der Waals surface area contributed by atoms with Gasteiger partial charge in [0.2, 0.25) is 5.91 Å². The van der Waals surface area contributed by atoms with Crippen LogP contribution in [0.15, 0.2) is 71.6 Å². The molecule has 3 rings (SSSR count). The van der Waals surface area contributed by atoms with Gasteiger partial charge in [-0.2, -0.15) is 8.42 Å². The van der Waals surface area contributed by atoms with E-state index in [1.165, 1.54) is 24.3 Å². The number of carbonyl (C=O) groups is 2. The van der Waals surface area contributed by atoms with Crippen LogP contribution in [-0.4, -0.2) is 20.2 Å². The summed E-state index contributed by atoms with van der Waals surface area (Å²) in [5, 5.41) is 2.73. The first-order valence-electron chi connectivity index (χ1n) is 9.45. The molecule has 7 nitrogen and oxygen atoms in total. The second kappa shape index (κ2) is 9.01. The second-order valence-corrected chi connectivity index (χ2v) is 8.60. The predicted octanol–water partition coefficient (Wildman–Crippen LogP) is 3.35. The third-order valence-electron chi connectivity index (χ3n) is 4.57. The normalized spacial score (nSPS) is 11.0. The quantitative estimate of drug-likeness (QED) is 0.549. The molecule has 0 aliphatic rings. The molecule has 0 spiro atoms. The average Bonchev–Trinajstić information content (AvgIpc) is 2.71. The zero-order chi connectivity index (χ0) is 22.6. The van der Waals surface area contributed by atoms with Gasteiger partial charge in [-0.05, 0) is 66.9 Å². The molecule has 8 heteroatoms. The maximum atomic E-state index is 12.6. The van der Waals surface area contributed by atoms with Crippen molar-refractivity contribution in [2.75, 3.05) is 5.32 Å². The minimum Gasteiger partial charge on any atom is -0.379 e. The molecule has 3 aromatic carbocycles. The lowest BCUT2D eigenvalue weighted by Crippen LogP contribution is -2.17. The zero-order valence-corrected chi connectivity index (χ0v) is 17.9. The molecule has 3 aromatic rings. The topological polar surface area (TPSA) is 116 Å². The second-order valence-electron chi connectivity index (χ2n) is 7.09. The maximum Gasteiger partial charge on any atom is 0.339 e. The lowest BCUT2D eigenvalue weighted by atomic mass is 10.1. The van der Waals surface area contributed by atoms with E-state index in [0.717, 1.165) is 5.56 Å². The molecule has 31 heavy (non-hydrogen) atoms. The van der Waals surface area contributed by atoms with Crippen LogP contribution < -0.4 is 15.2 Å². The first-order valence-corrected chi connectivity index (χ1v) is 10.9. The molecule has 0 atom stereocenters. The molecule has 0 saturated heterocycles. The van der Waals surface area contributed by atoms with Crippen LogP contribution in [0.5, 0.6) is 5.75 Å². The van der Waals surface area contributed by atoms with Gasteiger partial charge in [0.25, 0.3) is 5.91 Å². The van der Waals surface area contributed by atoms with E-state index >= 15 is 0 Å². The molecular weight excluding hydrogens is 416 g/mol. The van der Waals surface area contributed by atoms with Gasteiger partial charge in [-0.3, -0.25) is 9.59 Å². The summed E-state index contributed by atoms with van der Waals surface area (Å²) in [6.07, 6.45) is -0.000528. The first-order chi connectivity index (χ1) is 14.7. The molecule has 0 unspecified atom stereocenters. The number of amides is 2. The van der Waals surface area contributed by atoms with Crippen LogP contribution in [0.25, 0.3) is 0 Å². The summed E-state index contributed by atoms with van der Waals surface area (Å²) in [7, 11) is -4.01. The summed E-state index contributed by atoms with van der Waals surface area (Å²) < 4.78 is 30.5. The SMILES string of the molecule is Cc1ccc(C)c(S(=O)(=O)Oc2ccc(C(=O)Nc3ccccc3CC(N)=O)cc2)c1. The largest absolute Gasteiger partial charge is 0.379 e.